The van der Waals surface area contributed by atoms with Crippen LogP contribution in [0, 0.1) is 0 Å². The van der Waals surface area contributed by atoms with E-state index in [4.69, 9.17) is 32.7 Å². The number of ether oxygens (including phenoxy) is 2. The average Bonchev–Trinajstić information content (AvgIpc) is 3.03. The number of epoxide rings is 1. The molecule has 5 heteroatoms. The Kier molecular flexibility index (Phi) is 2.87. The minimum Gasteiger partial charge on any atom is -0.495 e. The van der Waals surface area contributed by atoms with Crippen LogP contribution in [0.15, 0.2) is 12.1 Å². The average molecular weight is 247 g/mol. The lowest BCUT2D eigenvalue weighted by atomic mass is 10.1. The topological polar surface area (TPSA) is 38.8 Å². The number of hydrogen-bond acceptors (Lipinski definition) is 3. The Hall–Kier alpha value is -0.770. The van der Waals surface area contributed by atoms with Gasteiger partial charge in [0.1, 0.15) is 11.9 Å². The van der Waals surface area contributed by atoms with E-state index in [0.29, 0.717) is 28.0 Å². The molecular weight excluding hydrogens is 239 g/mol. The molecule has 0 bridgehead atoms. The van der Waals surface area contributed by atoms with Crippen molar-refractivity contribution in [3.8, 4) is 5.75 Å². The molecule has 80 valence electrons. The first-order valence-electron chi connectivity index (χ1n) is 4.32. The van der Waals surface area contributed by atoms with Crippen molar-refractivity contribution in [3.63, 3.8) is 0 Å². The smallest absolute Gasteiger partial charge is 0.195 e. The molecule has 1 heterocycles. The standard InChI is InChI=1S/C10H8Cl2O3/c1-14-8-3-6(11)5(2-7(8)12)10(13)9-4-15-9/h2-3,9H,4H2,1H3. The Morgan fingerprint density at radius 3 is 2.67 bits per heavy atom. The first kappa shape index (κ1) is 10.7. The van der Waals surface area contributed by atoms with Gasteiger partial charge in [0.2, 0.25) is 0 Å². The normalized spacial score (nSPS) is 18.7. The van der Waals surface area contributed by atoms with Gasteiger partial charge < -0.3 is 9.47 Å². The Morgan fingerprint density at radius 1 is 1.47 bits per heavy atom. The van der Waals surface area contributed by atoms with Crippen molar-refractivity contribution in [3.05, 3.63) is 27.7 Å². The van der Waals surface area contributed by atoms with E-state index in [9.17, 15) is 4.79 Å². The third-order valence-electron chi connectivity index (χ3n) is 2.13. The monoisotopic (exact) mass is 246 g/mol. The molecular formula is C10H8Cl2O3. The molecule has 0 amide bonds. The van der Waals surface area contributed by atoms with E-state index in [1.165, 1.54) is 19.2 Å². The maximum absolute atomic E-state index is 11.7. The second-order valence-electron chi connectivity index (χ2n) is 3.15. The van der Waals surface area contributed by atoms with Crippen LogP contribution in [0.1, 0.15) is 10.4 Å². The van der Waals surface area contributed by atoms with Gasteiger partial charge in [-0.1, -0.05) is 23.2 Å². The molecule has 0 saturated carbocycles. The zero-order chi connectivity index (χ0) is 11.0. The van der Waals surface area contributed by atoms with E-state index in [1.807, 2.05) is 0 Å². The highest BCUT2D eigenvalue weighted by Gasteiger charge is 2.33. The molecule has 0 aromatic heterocycles. The van der Waals surface area contributed by atoms with Crippen LogP contribution in [0.25, 0.3) is 0 Å². The number of carbonyl (C=O) groups excluding carboxylic acids is 1. The molecule has 0 radical (unpaired) electrons. The number of benzene rings is 1. The van der Waals surface area contributed by atoms with E-state index < -0.39 is 0 Å². The summed E-state index contributed by atoms with van der Waals surface area (Å²) in [5, 5.41) is 0.697. The number of hydrogen-bond donors (Lipinski definition) is 0. The molecule has 1 aromatic rings. The molecule has 0 N–H and O–H groups in total. The van der Waals surface area contributed by atoms with Crippen molar-refractivity contribution in [2.24, 2.45) is 0 Å². The Balaban J connectivity index is 2.39. The van der Waals surface area contributed by atoms with Crippen molar-refractivity contribution in [2.45, 2.75) is 6.10 Å². The minimum absolute atomic E-state index is 0.135. The zero-order valence-corrected chi connectivity index (χ0v) is 9.43. The highest BCUT2D eigenvalue weighted by molar-refractivity contribution is 6.37. The van der Waals surface area contributed by atoms with Crippen molar-refractivity contribution in [1.29, 1.82) is 0 Å². The molecule has 0 aliphatic carbocycles. The quantitative estimate of drug-likeness (QED) is 0.608. The summed E-state index contributed by atoms with van der Waals surface area (Å²) < 4.78 is 9.87. The molecule has 1 saturated heterocycles. The number of rotatable bonds is 3. The zero-order valence-electron chi connectivity index (χ0n) is 7.92. The van der Waals surface area contributed by atoms with Crippen molar-refractivity contribution >= 4 is 29.0 Å². The van der Waals surface area contributed by atoms with Gasteiger partial charge in [0.25, 0.3) is 0 Å². The fraction of sp³-hybridized carbons (Fsp3) is 0.300. The second kappa shape index (κ2) is 4.00. The predicted molar refractivity (Wildman–Crippen MR) is 57.1 cm³/mol. The summed E-state index contributed by atoms with van der Waals surface area (Å²) in [6.07, 6.45) is -0.355. The lowest BCUT2D eigenvalue weighted by Gasteiger charge is -2.06. The summed E-state index contributed by atoms with van der Waals surface area (Å²) >= 11 is 11.8. The molecule has 15 heavy (non-hydrogen) atoms. The van der Waals surface area contributed by atoms with E-state index in [1.54, 1.807) is 0 Å². The SMILES string of the molecule is COc1cc(Cl)c(C(=O)C2CO2)cc1Cl. The van der Waals surface area contributed by atoms with Gasteiger partial charge in [0.05, 0.1) is 23.8 Å². The molecule has 1 unspecified atom stereocenters. The Labute approximate surface area is 96.9 Å². The van der Waals surface area contributed by atoms with Gasteiger partial charge in [0, 0.05) is 11.6 Å². The van der Waals surface area contributed by atoms with Crippen LogP contribution in [0.3, 0.4) is 0 Å². The second-order valence-corrected chi connectivity index (χ2v) is 3.97. The molecule has 1 fully saturated rings. The molecule has 2 rings (SSSR count). The maximum atomic E-state index is 11.7. The van der Waals surface area contributed by atoms with Crippen LogP contribution in [0.2, 0.25) is 10.0 Å². The fourth-order valence-electron chi connectivity index (χ4n) is 1.25. The molecule has 1 atom stereocenters. The van der Waals surface area contributed by atoms with Crippen molar-refractivity contribution in [1.82, 2.24) is 0 Å². The lowest BCUT2D eigenvalue weighted by molar-refractivity contribution is 0.0954. The molecule has 1 aliphatic rings. The summed E-state index contributed by atoms with van der Waals surface area (Å²) in [7, 11) is 1.49. The molecule has 1 aliphatic heterocycles. The van der Waals surface area contributed by atoms with Crippen molar-refractivity contribution < 1.29 is 14.3 Å². The van der Waals surface area contributed by atoms with E-state index in [-0.39, 0.29) is 11.9 Å². The largest absolute Gasteiger partial charge is 0.495 e. The van der Waals surface area contributed by atoms with Crippen LogP contribution in [-0.4, -0.2) is 25.6 Å². The first-order valence-corrected chi connectivity index (χ1v) is 5.08. The van der Waals surface area contributed by atoms with Crippen molar-refractivity contribution in [2.75, 3.05) is 13.7 Å². The summed E-state index contributed by atoms with van der Waals surface area (Å²) in [4.78, 5) is 11.7. The molecule has 3 nitrogen and oxygen atoms in total. The number of Topliss-reactive ketones (excluding diaryl/α,β-unsaturated/α-hetero) is 1. The van der Waals surface area contributed by atoms with Gasteiger partial charge in [-0.15, -0.1) is 0 Å². The fourth-order valence-corrected chi connectivity index (χ4v) is 1.73. The van der Waals surface area contributed by atoms with E-state index >= 15 is 0 Å². The summed E-state index contributed by atoms with van der Waals surface area (Å²) in [6.45, 7) is 0.457. The minimum atomic E-state index is -0.355. The summed E-state index contributed by atoms with van der Waals surface area (Å²) in [5.41, 5.74) is 0.380. The number of carbonyl (C=O) groups is 1. The predicted octanol–water partition coefficient (Wildman–Crippen LogP) is 2.58. The van der Waals surface area contributed by atoms with Crippen LogP contribution in [0.4, 0.5) is 0 Å². The number of methoxy groups -OCH3 is 1. The highest BCUT2D eigenvalue weighted by Crippen LogP contribution is 2.32. The van der Waals surface area contributed by atoms with Gasteiger partial charge >= 0.3 is 0 Å². The van der Waals surface area contributed by atoms with Crippen LogP contribution in [0.5, 0.6) is 5.75 Å². The highest BCUT2D eigenvalue weighted by atomic mass is 35.5. The molecule has 1 aromatic carbocycles. The van der Waals surface area contributed by atoms with Gasteiger partial charge in [-0.3, -0.25) is 4.79 Å². The summed E-state index contributed by atoms with van der Waals surface area (Å²) in [5.74, 6) is 0.319. The summed E-state index contributed by atoms with van der Waals surface area (Å²) in [6, 6.07) is 3.03. The Morgan fingerprint density at radius 2 is 2.13 bits per heavy atom. The van der Waals surface area contributed by atoms with Gasteiger partial charge in [-0.2, -0.15) is 0 Å². The van der Waals surface area contributed by atoms with Gasteiger partial charge in [0.15, 0.2) is 5.78 Å². The van der Waals surface area contributed by atoms with E-state index in [2.05, 4.69) is 0 Å². The van der Waals surface area contributed by atoms with Crippen LogP contribution in [-0.2, 0) is 4.74 Å². The van der Waals surface area contributed by atoms with Crippen LogP contribution < -0.4 is 4.74 Å². The molecule has 0 spiro atoms. The maximum Gasteiger partial charge on any atom is 0.195 e. The Bertz CT molecular complexity index is 413. The van der Waals surface area contributed by atoms with Gasteiger partial charge in [-0.25, -0.2) is 0 Å². The van der Waals surface area contributed by atoms with Crippen LogP contribution >= 0.6 is 23.2 Å². The number of ketones is 1. The first-order chi connectivity index (χ1) is 7.13. The third kappa shape index (κ3) is 2.09. The van der Waals surface area contributed by atoms with E-state index in [0.717, 1.165) is 0 Å². The number of halogens is 2. The lowest BCUT2D eigenvalue weighted by Crippen LogP contribution is -2.08. The van der Waals surface area contributed by atoms with Gasteiger partial charge in [-0.05, 0) is 6.07 Å². The third-order valence-corrected chi connectivity index (χ3v) is 2.74.